The van der Waals surface area contributed by atoms with Crippen LogP contribution in [0.2, 0.25) is 0 Å². The molecule has 94 valence electrons. The monoisotopic (exact) mass is 245 g/mol. The van der Waals surface area contributed by atoms with Crippen molar-refractivity contribution in [3.05, 3.63) is 48.3 Å². The SMILES string of the molecule is CCOc1ccc(-c2ccc(NC)cc2)cc1F. The number of anilines is 1. The van der Waals surface area contributed by atoms with E-state index in [9.17, 15) is 4.39 Å². The topological polar surface area (TPSA) is 21.3 Å². The van der Waals surface area contributed by atoms with Crippen molar-refractivity contribution in [2.75, 3.05) is 19.0 Å². The predicted molar refractivity (Wildman–Crippen MR) is 72.6 cm³/mol. The van der Waals surface area contributed by atoms with Gasteiger partial charge in [0.05, 0.1) is 6.61 Å². The number of hydrogen-bond donors (Lipinski definition) is 1. The molecule has 0 saturated carbocycles. The van der Waals surface area contributed by atoms with Crippen molar-refractivity contribution >= 4 is 5.69 Å². The third-order valence-electron chi connectivity index (χ3n) is 2.74. The Balaban J connectivity index is 2.30. The summed E-state index contributed by atoms with van der Waals surface area (Å²) in [5, 5.41) is 3.05. The van der Waals surface area contributed by atoms with Gasteiger partial charge >= 0.3 is 0 Å². The summed E-state index contributed by atoms with van der Waals surface area (Å²) in [6.45, 7) is 2.30. The number of rotatable bonds is 4. The maximum Gasteiger partial charge on any atom is 0.165 e. The first-order chi connectivity index (χ1) is 8.74. The van der Waals surface area contributed by atoms with Gasteiger partial charge in [-0.15, -0.1) is 0 Å². The van der Waals surface area contributed by atoms with Crippen LogP contribution in [0.3, 0.4) is 0 Å². The highest BCUT2D eigenvalue weighted by atomic mass is 19.1. The zero-order chi connectivity index (χ0) is 13.0. The third-order valence-corrected chi connectivity index (χ3v) is 2.74. The molecule has 0 unspecified atom stereocenters. The lowest BCUT2D eigenvalue weighted by Crippen LogP contribution is -1.94. The first-order valence-corrected chi connectivity index (χ1v) is 5.95. The number of benzene rings is 2. The van der Waals surface area contributed by atoms with Gasteiger partial charge in [-0.1, -0.05) is 18.2 Å². The molecule has 0 saturated heterocycles. The highest BCUT2D eigenvalue weighted by Crippen LogP contribution is 2.26. The molecular formula is C15H16FNO. The van der Waals surface area contributed by atoms with Gasteiger partial charge in [0, 0.05) is 12.7 Å². The van der Waals surface area contributed by atoms with Crippen molar-refractivity contribution in [1.82, 2.24) is 0 Å². The molecule has 2 nitrogen and oxygen atoms in total. The van der Waals surface area contributed by atoms with Crippen LogP contribution in [0.1, 0.15) is 6.92 Å². The minimum absolute atomic E-state index is 0.299. The van der Waals surface area contributed by atoms with Crippen LogP contribution in [0.4, 0.5) is 10.1 Å². The van der Waals surface area contributed by atoms with Crippen molar-refractivity contribution < 1.29 is 9.13 Å². The number of nitrogens with one attached hydrogen (secondary N) is 1. The number of ether oxygens (including phenoxy) is 1. The second kappa shape index (κ2) is 5.54. The lowest BCUT2D eigenvalue weighted by atomic mass is 10.1. The van der Waals surface area contributed by atoms with E-state index in [1.807, 2.05) is 44.3 Å². The summed E-state index contributed by atoms with van der Waals surface area (Å²) >= 11 is 0. The molecule has 2 aromatic carbocycles. The van der Waals surface area contributed by atoms with Crippen molar-refractivity contribution in [2.24, 2.45) is 0 Å². The van der Waals surface area contributed by atoms with E-state index in [2.05, 4.69) is 5.32 Å². The van der Waals surface area contributed by atoms with E-state index in [0.717, 1.165) is 16.8 Å². The molecule has 0 aliphatic carbocycles. The Labute approximate surface area is 106 Å². The molecule has 0 atom stereocenters. The fourth-order valence-electron chi connectivity index (χ4n) is 1.78. The minimum atomic E-state index is -0.327. The lowest BCUT2D eigenvalue weighted by Gasteiger charge is -2.08. The zero-order valence-corrected chi connectivity index (χ0v) is 10.5. The van der Waals surface area contributed by atoms with E-state index < -0.39 is 0 Å². The number of halogens is 1. The number of hydrogen-bond acceptors (Lipinski definition) is 2. The van der Waals surface area contributed by atoms with Gasteiger partial charge in [0.25, 0.3) is 0 Å². The van der Waals surface area contributed by atoms with E-state index in [1.165, 1.54) is 6.07 Å². The molecule has 2 aromatic rings. The standard InChI is InChI=1S/C15H16FNO/c1-3-18-15-9-6-12(10-14(15)16)11-4-7-13(17-2)8-5-11/h4-10,17H,3H2,1-2H3. The molecule has 0 radical (unpaired) electrons. The van der Waals surface area contributed by atoms with Crippen LogP contribution in [0.15, 0.2) is 42.5 Å². The van der Waals surface area contributed by atoms with Crippen LogP contribution in [-0.4, -0.2) is 13.7 Å². The fourth-order valence-corrected chi connectivity index (χ4v) is 1.78. The molecule has 0 heterocycles. The average molecular weight is 245 g/mol. The molecule has 2 rings (SSSR count). The van der Waals surface area contributed by atoms with Gasteiger partial charge in [0.1, 0.15) is 0 Å². The van der Waals surface area contributed by atoms with E-state index >= 15 is 0 Å². The quantitative estimate of drug-likeness (QED) is 0.881. The molecule has 0 aliphatic heterocycles. The summed E-state index contributed by atoms with van der Waals surface area (Å²) in [5.74, 6) is -0.0276. The smallest absolute Gasteiger partial charge is 0.165 e. The van der Waals surface area contributed by atoms with E-state index in [-0.39, 0.29) is 5.82 Å². The van der Waals surface area contributed by atoms with E-state index in [1.54, 1.807) is 6.07 Å². The largest absolute Gasteiger partial charge is 0.491 e. The molecule has 1 N–H and O–H groups in total. The van der Waals surface area contributed by atoms with Crippen LogP contribution in [0.25, 0.3) is 11.1 Å². The molecule has 0 amide bonds. The van der Waals surface area contributed by atoms with Crippen LogP contribution in [0, 0.1) is 5.82 Å². The second-order valence-corrected chi connectivity index (χ2v) is 3.91. The van der Waals surface area contributed by atoms with Gasteiger partial charge in [-0.25, -0.2) is 4.39 Å². The average Bonchev–Trinajstić information content (AvgIpc) is 2.41. The second-order valence-electron chi connectivity index (χ2n) is 3.91. The van der Waals surface area contributed by atoms with E-state index in [4.69, 9.17) is 4.74 Å². The van der Waals surface area contributed by atoms with Crippen molar-refractivity contribution in [2.45, 2.75) is 6.92 Å². The summed E-state index contributed by atoms with van der Waals surface area (Å²) < 4.78 is 18.9. The first-order valence-electron chi connectivity index (χ1n) is 5.95. The van der Waals surface area contributed by atoms with Crippen LogP contribution in [-0.2, 0) is 0 Å². The molecule has 0 aromatic heterocycles. The van der Waals surface area contributed by atoms with Gasteiger partial charge in [0.2, 0.25) is 0 Å². The molecule has 0 fully saturated rings. The fraction of sp³-hybridized carbons (Fsp3) is 0.200. The Kier molecular flexibility index (Phi) is 3.82. The molecule has 3 heteroatoms. The van der Waals surface area contributed by atoms with Gasteiger partial charge in [-0.3, -0.25) is 0 Å². The van der Waals surface area contributed by atoms with E-state index in [0.29, 0.717) is 12.4 Å². The minimum Gasteiger partial charge on any atom is -0.491 e. The van der Waals surface area contributed by atoms with Crippen LogP contribution < -0.4 is 10.1 Å². The molecule has 0 aliphatic rings. The molecule has 0 spiro atoms. The maximum atomic E-state index is 13.7. The normalized spacial score (nSPS) is 10.2. The summed E-state index contributed by atoms with van der Waals surface area (Å²) in [7, 11) is 1.87. The summed E-state index contributed by atoms with van der Waals surface area (Å²) in [6.07, 6.45) is 0. The Morgan fingerprint density at radius 2 is 1.72 bits per heavy atom. The Bertz CT molecular complexity index is 523. The van der Waals surface area contributed by atoms with Gasteiger partial charge in [-0.2, -0.15) is 0 Å². The van der Waals surface area contributed by atoms with Crippen molar-refractivity contribution in [3.8, 4) is 16.9 Å². The Morgan fingerprint density at radius 1 is 1.06 bits per heavy atom. The predicted octanol–water partition coefficient (Wildman–Crippen LogP) is 3.93. The Morgan fingerprint density at radius 3 is 2.28 bits per heavy atom. The first kappa shape index (κ1) is 12.4. The van der Waals surface area contributed by atoms with Gasteiger partial charge < -0.3 is 10.1 Å². The van der Waals surface area contributed by atoms with Crippen LogP contribution >= 0.6 is 0 Å². The Hall–Kier alpha value is -2.03. The highest BCUT2D eigenvalue weighted by molar-refractivity contribution is 5.66. The summed E-state index contributed by atoms with van der Waals surface area (Å²) in [4.78, 5) is 0. The summed E-state index contributed by atoms with van der Waals surface area (Å²) in [6, 6.07) is 12.9. The summed E-state index contributed by atoms with van der Waals surface area (Å²) in [5.41, 5.74) is 2.86. The zero-order valence-electron chi connectivity index (χ0n) is 10.5. The van der Waals surface area contributed by atoms with Gasteiger partial charge in [0.15, 0.2) is 11.6 Å². The molecule has 0 bridgehead atoms. The van der Waals surface area contributed by atoms with Crippen molar-refractivity contribution in [3.63, 3.8) is 0 Å². The lowest BCUT2D eigenvalue weighted by molar-refractivity contribution is 0.321. The third kappa shape index (κ3) is 2.62. The molecular weight excluding hydrogens is 229 g/mol. The highest BCUT2D eigenvalue weighted by Gasteiger charge is 2.05. The maximum absolute atomic E-state index is 13.7. The molecule has 18 heavy (non-hydrogen) atoms. The van der Waals surface area contributed by atoms with Crippen molar-refractivity contribution in [1.29, 1.82) is 0 Å². The van der Waals surface area contributed by atoms with Gasteiger partial charge in [-0.05, 0) is 42.3 Å². The van der Waals surface area contributed by atoms with Crippen LogP contribution in [0.5, 0.6) is 5.75 Å².